The Hall–Kier alpha value is -1.80. The average Bonchev–Trinajstić information content (AvgIpc) is 3.24. The number of imidazole rings is 1. The number of nitrogens with zero attached hydrogens (tertiary/aromatic N) is 3. The topological polar surface area (TPSA) is 240 Å². The van der Waals surface area contributed by atoms with Gasteiger partial charge in [-0.05, 0) is 0 Å². The number of halogens is 2. The monoisotopic (exact) mass is 521 g/mol. The Morgan fingerprint density at radius 1 is 1.25 bits per heavy atom. The van der Waals surface area contributed by atoms with Crippen molar-refractivity contribution in [2.45, 2.75) is 24.0 Å². The van der Waals surface area contributed by atoms with Crippen LogP contribution in [0.1, 0.15) is 12.5 Å². The van der Waals surface area contributed by atoms with Crippen molar-refractivity contribution in [1.29, 1.82) is 0 Å². The minimum absolute atomic E-state index is 0.00918. The summed E-state index contributed by atoms with van der Waals surface area (Å²) < 4.78 is 71.2. The number of H-pyrrole nitrogens is 1. The van der Waals surface area contributed by atoms with Gasteiger partial charge in [-0.2, -0.15) is 13.8 Å². The van der Waals surface area contributed by atoms with Gasteiger partial charge < -0.3 is 34.6 Å². The molecule has 1 aliphatic rings. The van der Waals surface area contributed by atoms with Crippen molar-refractivity contribution in [3.63, 3.8) is 0 Å². The summed E-state index contributed by atoms with van der Waals surface area (Å²) in [5, 5.41) is -5.61. The van der Waals surface area contributed by atoms with Crippen LogP contribution in [0.4, 0.5) is 14.7 Å². The Morgan fingerprint density at radius 2 is 1.91 bits per heavy atom. The minimum Gasteiger partial charge on any atom is -0.369 e. The molecule has 15 nitrogen and oxygen atoms in total. The van der Waals surface area contributed by atoms with E-state index < -0.39 is 52.2 Å². The van der Waals surface area contributed by atoms with Crippen molar-refractivity contribution in [2.75, 3.05) is 12.1 Å². The SMILES string of the molecule is Nc1nc2c(ncn2[C@@H]2C=C[C@H](OCP(=O)(O)OP(=O)(O)C(F)(F)P(=O)(O)O)C2)c(=O)[nH]1. The van der Waals surface area contributed by atoms with Crippen LogP contribution in [-0.4, -0.2) is 56.9 Å². The van der Waals surface area contributed by atoms with Crippen molar-refractivity contribution in [3.05, 3.63) is 28.8 Å². The average molecular weight is 521 g/mol. The van der Waals surface area contributed by atoms with E-state index in [4.69, 9.17) is 25.2 Å². The summed E-state index contributed by atoms with van der Waals surface area (Å²) in [6.45, 7) is 0. The number of alkyl halides is 2. The summed E-state index contributed by atoms with van der Waals surface area (Å²) in [4.78, 5) is 57.8. The molecular formula is C12H16F2N5O10P3. The van der Waals surface area contributed by atoms with Crippen molar-refractivity contribution >= 4 is 39.9 Å². The molecular weight excluding hydrogens is 505 g/mol. The van der Waals surface area contributed by atoms with Crippen LogP contribution < -0.4 is 11.3 Å². The molecule has 1 aliphatic carbocycles. The van der Waals surface area contributed by atoms with Gasteiger partial charge in [0.25, 0.3) is 5.56 Å². The number of anilines is 1. The summed E-state index contributed by atoms with van der Waals surface area (Å²) in [5.74, 6) is -0.155. The summed E-state index contributed by atoms with van der Waals surface area (Å²) in [7, 11) is -18.4. The Labute approximate surface area is 176 Å². The lowest BCUT2D eigenvalue weighted by atomic mass is 10.2. The maximum absolute atomic E-state index is 13.4. The van der Waals surface area contributed by atoms with E-state index in [1.807, 2.05) is 0 Å². The predicted octanol–water partition coefficient (Wildman–Crippen LogP) is 0.661. The largest absolute Gasteiger partial charge is 0.444 e. The summed E-state index contributed by atoms with van der Waals surface area (Å²) in [6.07, 6.45) is 2.13. The maximum Gasteiger partial charge on any atom is 0.444 e. The molecule has 0 aromatic carbocycles. The van der Waals surface area contributed by atoms with E-state index in [0.29, 0.717) is 0 Å². The van der Waals surface area contributed by atoms with Gasteiger partial charge in [0.2, 0.25) is 5.95 Å². The number of nitrogen functional groups attached to an aromatic ring is 1. The third kappa shape index (κ3) is 4.76. The third-order valence-corrected chi connectivity index (χ3v) is 9.51. The minimum atomic E-state index is -6.56. The van der Waals surface area contributed by atoms with Gasteiger partial charge in [-0.3, -0.25) is 23.5 Å². The molecule has 4 atom stereocenters. The van der Waals surface area contributed by atoms with E-state index >= 15 is 0 Å². The van der Waals surface area contributed by atoms with Crippen LogP contribution in [0.2, 0.25) is 0 Å². The number of aromatic nitrogens is 4. The van der Waals surface area contributed by atoms with Crippen molar-refractivity contribution in [1.82, 2.24) is 19.5 Å². The number of aromatic amines is 1. The zero-order chi connectivity index (χ0) is 24.1. The van der Waals surface area contributed by atoms with Crippen molar-refractivity contribution in [2.24, 2.45) is 0 Å². The molecule has 178 valence electrons. The molecule has 7 N–H and O–H groups in total. The lowest BCUT2D eigenvalue weighted by molar-refractivity contribution is 0.0920. The van der Waals surface area contributed by atoms with Crippen LogP contribution in [0.15, 0.2) is 23.3 Å². The smallest absolute Gasteiger partial charge is 0.369 e. The van der Waals surface area contributed by atoms with E-state index in [0.717, 1.165) is 0 Å². The van der Waals surface area contributed by atoms with Crippen molar-refractivity contribution < 1.29 is 51.1 Å². The molecule has 0 aliphatic heterocycles. The zero-order valence-electron chi connectivity index (χ0n) is 15.6. The number of allylic oxidation sites excluding steroid dienone is 1. The fourth-order valence-corrected chi connectivity index (χ4v) is 6.75. The van der Waals surface area contributed by atoms with E-state index in [1.165, 1.54) is 17.0 Å². The van der Waals surface area contributed by atoms with Gasteiger partial charge in [-0.1, -0.05) is 12.2 Å². The zero-order valence-corrected chi connectivity index (χ0v) is 18.2. The highest BCUT2D eigenvalue weighted by Gasteiger charge is 2.66. The molecule has 2 unspecified atom stereocenters. The number of nitrogens with one attached hydrogen (secondary N) is 1. The number of nitrogens with two attached hydrogens (primary N) is 1. The second-order valence-electron chi connectivity index (χ2n) is 6.59. The molecule has 0 bridgehead atoms. The second-order valence-corrected chi connectivity index (χ2v) is 12.4. The second kappa shape index (κ2) is 8.20. The lowest BCUT2D eigenvalue weighted by Crippen LogP contribution is -2.19. The Bertz CT molecular complexity index is 1270. The first-order chi connectivity index (χ1) is 14.5. The molecule has 2 aromatic rings. The number of ether oxygens (including phenoxy) is 1. The molecule has 2 aromatic heterocycles. The Kier molecular flexibility index (Phi) is 6.37. The van der Waals surface area contributed by atoms with Gasteiger partial charge in [-0.15, -0.1) is 0 Å². The van der Waals surface area contributed by atoms with Gasteiger partial charge in [0.15, 0.2) is 11.2 Å². The third-order valence-electron chi connectivity index (χ3n) is 4.21. The van der Waals surface area contributed by atoms with Crippen molar-refractivity contribution in [3.8, 4) is 0 Å². The van der Waals surface area contributed by atoms with Gasteiger partial charge in [0.05, 0.1) is 18.5 Å². The molecule has 0 radical (unpaired) electrons. The van der Waals surface area contributed by atoms with Crippen LogP contribution >= 0.6 is 22.8 Å². The highest BCUT2D eigenvalue weighted by Crippen LogP contribution is 2.77. The van der Waals surface area contributed by atoms with E-state index in [1.54, 1.807) is 6.08 Å². The standard InChI is InChI=1S/C12H16F2N5O10P3/c13-12(14,31(23,24)25)32(26,27)29-30(21,22)5-28-7-2-1-6(3-7)19-4-16-8-9(19)17-11(15)18-10(8)20/h1-2,4,6-7H,3,5H2,(H,21,22)(H,26,27)(H2,23,24,25)(H3,15,17,18,20)/t6-,7+/m1/s1. The van der Waals surface area contributed by atoms with Crippen LogP contribution in [0, 0.1) is 0 Å². The van der Waals surface area contributed by atoms with E-state index in [9.17, 15) is 32.2 Å². The summed E-state index contributed by atoms with van der Waals surface area (Å²) >= 11 is 0. The van der Waals surface area contributed by atoms with Gasteiger partial charge in [0.1, 0.15) is 6.35 Å². The van der Waals surface area contributed by atoms with Crippen LogP contribution in [-0.2, 0) is 22.7 Å². The Morgan fingerprint density at radius 3 is 2.53 bits per heavy atom. The highest BCUT2D eigenvalue weighted by molar-refractivity contribution is 7.76. The first kappa shape index (κ1) is 24.8. The van der Waals surface area contributed by atoms with E-state index in [-0.39, 0.29) is 23.5 Å². The number of fused-ring (bicyclic) bond motifs is 1. The van der Waals surface area contributed by atoms with Crippen LogP contribution in [0.5, 0.6) is 0 Å². The number of hydrogen-bond donors (Lipinski definition) is 6. The number of rotatable bonds is 8. The maximum atomic E-state index is 13.4. The summed E-state index contributed by atoms with van der Waals surface area (Å²) in [6, 6.07) is -0.499. The molecule has 0 fully saturated rings. The first-order valence-electron chi connectivity index (χ1n) is 8.36. The normalized spacial score (nSPS) is 23.3. The predicted molar refractivity (Wildman–Crippen MR) is 103 cm³/mol. The fourth-order valence-electron chi connectivity index (χ4n) is 2.76. The molecule has 2 heterocycles. The molecule has 0 saturated carbocycles. The Balaban J connectivity index is 1.66. The quantitative estimate of drug-likeness (QED) is 0.207. The fraction of sp³-hybridized carbons (Fsp3) is 0.417. The summed E-state index contributed by atoms with van der Waals surface area (Å²) in [5.41, 5.74) is 5.10. The van der Waals surface area contributed by atoms with Crippen LogP contribution in [0.3, 0.4) is 0 Å². The first-order valence-corrected chi connectivity index (χ1v) is 13.3. The molecule has 3 rings (SSSR count). The van der Waals surface area contributed by atoms with Gasteiger partial charge in [0, 0.05) is 6.42 Å². The molecule has 0 spiro atoms. The van der Waals surface area contributed by atoms with Gasteiger partial charge in [-0.25, -0.2) is 9.29 Å². The highest BCUT2D eigenvalue weighted by atomic mass is 31.3. The molecule has 0 saturated heterocycles. The van der Waals surface area contributed by atoms with E-state index in [2.05, 4.69) is 19.3 Å². The number of hydrogen-bond acceptors (Lipinski definition) is 9. The lowest BCUT2D eigenvalue weighted by Gasteiger charge is -2.24. The van der Waals surface area contributed by atoms with Crippen LogP contribution in [0.25, 0.3) is 11.2 Å². The molecule has 20 heteroatoms. The molecule has 32 heavy (non-hydrogen) atoms. The molecule has 0 amide bonds. The van der Waals surface area contributed by atoms with Gasteiger partial charge >= 0.3 is 28.2 Å².